The van der Waals surface area contributed by atoms with Crippen LogP contribution in [0.25, 0.3) is 0 Å². The van der Waals surface area contributed by atoms with Crippen LogP contribution < -0.4 is 10.2 Å². The van der Waals surface area contributed by atoms with E-state index in [0.717, 1.165) is 0 Å². The van der Waals surface area contributed by atoms with E-state index in [2.05, 4.69) is 5.32 Å². The largest absolute Gasteiger partial charge is 0.462 e. The van der Waals surface area contributed by atoms with Crippen LogP contribution in [0.1, 0.15) is 23.7 Å². The van der Waals surface area contributed by atoms with Gasteiger partial charge >= 0.3 is 11.9 Å². The van der Waals surface area contributed by atoms with Gasteiger partial charge in [-0.05, 0) is 55.5 Å². The highest BCUT2D eigenvalue weighted by molar-refractivity contribution is 6.30. The Balaban J connectivity index is 1.52. The zero-order valence-electron chi connectivity index (χ0n) is 16.8. The van der Waals surface area contributed by atoms with Gasteiger partial charge in [0.1, 0.15) is 0 Å². The molecular weight excluding hydrogens is 424 g/mol. The first-order valence-electron chi connectivity index (χ1n) is 9.67. The van der Waals surface area contributed by atoms with Crippen LogP contribution in [0.4, 0.5) is 11.4 Å². The number of carbonyl (C=O) groups excluding carboxylic acids is 4. The number of halogens is 1. The monoisotopic (exact) mass is 444 g/mol. The Labute approximate surface area is 184 Å². The summed E-state index contributed by atoms with van der Waals surface area (Å²) in [6.45, 7) is 1.66. The molecule has 1 aliphatic rings. The van der Waals surface area contributed by atoms with Crippen molar-refractivity contribution in [2.75, 3.05) is 30.0 Å². The molecule has 2 aromatic rings. The fourth-order valence-electron chi connectivity index (χ4n) is 3.09. The van der Waals surface area contributed by atoms with Gasteiger partial charge in [0.2, 0.25) is 5.91 Å². The van der Waals surface area contributed by atoms with Crippen molar-refractivity contribution < 1.29 is 28.7 Å². The molecule has 0 aliphatic carbocycles. The van der Waals surface area contributed by atoms with Gasteiger partial charge in [0.05, 0.1) is 18.1 Å². The van der Waals surface area contributed by atoms with E-state index < -0.39 is 30.4 Å². The zero-order valence-corrected chi connectivity index (χ0v) is 17.6. The Bertz CT molecular complexity index is 975. The fourth-order valence-corrected chi connectivity index (χ4v) is 3.22. The first kappa shape index (κ1) is 22.3. The molecule has 0 spiro atoms. The molecule has 1 atom stereocenters. The summed E-state index contributed by atoms with van der Waals surface area (Å²) in [5, 5.41) is 3.13. The number of ether oxygens (including phenoxy) is 2. The highest BCUT2D eigenvalue weighted by atomic mass is 35.5. The second kappa shape index (κ2) is 10.1. The van der Waals surface area contributed by atoms with E-state index in [9.17, 15) is 19.2 Å². The third kappa shape index (κ3) is 5.82. The molecular formula is C22H21ClN2O6. The molecule has 0 aromatic heterocycles. The van der Waals surface area contributed by atoms with Crippen molar-refractivity contribution >= 4 is 46.7 Å². The molecule has 9 heteroatoms. The molecule has 1 aliphatic heterocycles. The number of hydrogen-bond acceptors (Lipinski definition) is 6. The van der Waals surface area contributed by atoms with Crippen LogP contribution in [0, 0.1) is 5.92 Å². The van der Waals surface area contributed by atoms with Crippen LogP contribution in [-0.2, 0) is 23.9 Å². The number of esters is 2. The smallest absolute Gasteiger partial charge is 0.338 e. The van der Waals surface area contributed by atoms with Crippen LogP contribution in [0.3, 0.4) is 0 Å². The normalized spacial score (nSPS) is 15.5. The van der Waals surface area contributed by atoms with Gasteiger partial charge in [-0.2, -0.15) is 0 Å². The van der Waals surface area contributed by atoms with Gasteiger partial charge in [-0.15, -0.1) is 0 Å². The van der Waals surface area contributed by atoms with Gasteiger partial charge in [0.15, 0.2) is 6.61 Å². The van der Waals surface area contributed by atoms with Crippen molar-refractivity contribution in [1.82, 2.24) is 0 Å². The summed E-state index contributed by atoms with van der Waals surface area (Å²) >= 11 is 5.79. The maximum atomic E-state index is 12.4. The minimum atomic E-state index is -0.680. The number of anilines is 2. The Kier molecular flexibility index (Phi) is 7.25. The predicted octanol–water partition coefficient (Wildman–Crippen LogP) is 3.05. The minimum Gasteiger partial charge on any atom is -0.462 e. The summed E-state index contributed by atoms with van der Waals surface area (Å²) in [7, 11) is 0. The topological polar surface area (TPSA) is 102 Å². The molecule has 0 unspecified atom stereocenters. The lowest BCUT2D eigenvalue weighted by Gasteiger charge is -2.17. The van der Waals surface area contributed by atoms with Crippen molar-refractivity contribution in [2.24, 2.45) is 5.92 Å². The van der Waals surface area contributed by atoms with Crippen molar-refractivity contribution in [3.05, 3.63) is 59.1 Å². The number of hydrogen-bond donors (Lipinski definition) is 1. The molecule has 0 bridgehead atoms. The molecule has 3 rings (SSSR count). The predicted molar refractivity (Wildman–Crippen MR) is 114 cm³/mol. The maximum Gasteiger partial charge on any atom is 0.338 e. The van der Waals surface area contributed by atoms with E-state index in [0.29, 0.717) is 22.0 Å². The summed E-state index contributed by atoms with van der Waals surface area (Å²) in [5.41, 5.74) is 1.47. The lowest BCUT2D eigenvalue weighted by Crippen LogP contribution is -2.28. The van der Waals surface area contributed by atoms with Crippen molar-refractivity contribution in [3.63, 3.8) is 0 Å². The minimum absolute atomic E-state index is 0.0166. The van der Waals surface area contributed by atoms with Crippen LogP contribution in [0.15, 0.2) is 48.5 Å². The van der Waals surface area contributed by atoms with Crippen LogP contribution >= 0.6 is 11.6 Å². The first-order valence-corrected chi connectivity index (χ1v) is 10.0. The highest BCUT2D eigenvalue weighted by Gasteiger charge is 2.36. The van der Waals surface area contributed by atoms with E-state index in [4.69, 9.17) is 21.1 Å². The molecule has 31 heavy (non-hydrogen) atoms. The Morgan fingerprint density at radius 2 is 1.74 bits per heavy atom. The Morgan fingerprint density at radius 3 is 2.39 bits per heavy atom. The molecule has 0 saturated carbocycles. The van der Waals surface area contributed by atoms with Gasteiger partial charge in [0.25, 0.3) is 5.91 Å². The summed E-state index contributed by atoms with van der Waals surface area (Å²) < 4.78 is 10.0. The number of nitrogens with zero attached hydrogens (tertiary/aromatic N) is 1. The average molecular weight is 445 g/mol. The van der Waals surface area contributed by atoms with E-state index in [1.54, 1.807) is 55.5 Å². The summed E-state index contributed by atoms with van der Waals surface area (Å²) in [4.78, 5) is 49.8. The lowest BCUT2D eigenvalue weighted by molar-refractivity contribution is -0.151. The Hall–Kier alpha value is -3.39. The van der Waals surface area contributed by atoms with Gasteiger partial charge in [0, 0.05) is 29.4 Å². The zero-order chi connectivity index (χ0) is 22.4. The van der Waals surface area contributed by atoms with Crippen LogP contribution in [-0.4, -0.2) is 43.5 Å². The standard InChI is InChI=1S/C22H21ClN2O6/c1-2-30-21(28)14-3-9-18(10-4-14)25-12-15(11-20(25)27)22(29)31-13-19(26)24-17-7-5-16(23)6-8-17/h3-10,15H,2,11-13H2,1H3,(H,24,26)/t15-/m0/s1. The maximum absolute atomic E-state index is 12.4. The second-order valence-electron chi connectivity index (χ2n) is 6.84. The average Bonchev–Trinajstić information content (AvgIpc) is 3.15. The number of amides is 2. The van der Waals surface area contributed by atoms with Gasteiger partial charge in [-0.3, -0.25) is 14.4 Å². The fraction of sp³-hybridized carbons (Fsp3) is 0.273. The van der Waals surface area contributed by atoms with Crippen LogP contribution in [0.2, 0.25) is 5.02 Å². The molecule has 1 heterocycles. The molecule has 2 aromatic carbocycles. The van der Waals surface area contributed by atoms with Gasteiger partial charge < -0.3 is 19.7 Å². The number of nitrogens with one attached hydrogen (secondary N) is 1. The molecule has 2 amide bonds. The van der Waals surface area contributed by atoms with Crippen LogP contribution in [0.5, 0.6) is 0 Å². The molecule has 1 fully saturated rings. The van der Waals surface area contributed by atoms with E-state index >= 15 is 0 Å². The van der Waals surface area contributed by atoms with E-state index in [1.165, 1.54) is 4.90 Å². The second-order valence-corrected chi connectivity index (χ2v) is 7.27. The van der Waals surface area contributed by atoms with Crippen molar-refractivity contribution in [2.45, 2.75) is 13.3 Å². The molecule has 162 valence electrons. The molecule has 1 saturated heterocycles. The molecule has 1 N–H and O–H groups in total. The third-order valence-corrected chi connectivity index (χ3v) is 4.87. The summed E-state index contributed by atoms with van der Waals surface area (Å²) in [5.74, 6) is -2.48. The van der Waals surface area contributed by atoms with Crippen molar-refractivity contribution in [3.8, 4) is 0 Å². The van der Waals surface area contributed by atoms with Crippen molar-refractivity contribution in [1.29, 1.82) is 0 Å². The van der Waals surface area contributed by atoms with Gasteiger partial charge in [-0.1, -0.05) is 11.6 Å². The number of benzene rings is 2. The first-order chi connectivity index (χ1) is 14.9. The quantitative estimate of drug-likeness (QED) is 0.658. The lowest BCUT2D eigenvalue weighted by atomic mass is 10.1. The summed E-state index contributed by atoms with van der Waals surface area (Å²) in [6, 6.07) is 12.9. The molecule has 0 radical (unpaired) electrons. The van der Waals surface area contributed by atoms with E-state index in [1.807, 2.05) is 0 Å². The SMILES string of the molecule is CCOC(=O)c1ccc(N2C[C@@H](C(=O)OCC(=O)Nc3ccc(Cl)cc3)CC2=O)cc1. The molecule has 8 nitrogen and oxygen atoms in total. The Morgan fingerprint density at radius 1 is 1.06 bits per heavy atom. The number of rotatable bonds is 7. The van der Waals surface area contributed by atoms with Gasteiger partial charge in [-0.25, -0.2) is 4.79 Å². The third-order valence-electron chi connectivity index (χ3n) is 4.62. The van der Waals surface area contributed by atoms with E-state index in [-0.39, 0.29) is 25.5 Å². The summed E-state index contributed by atoms with van der Waals surface area (Å²) in [6.07, 6.45) is -0.0166. The number of carbonyl (C=O) groups is 4. The highest BCUT2D eigenvalue weighted by Crippen LogP contribution is 2.26.